The molecule has 1 amide bonds. The number of fused-ring (bicyclic) bond motifs is 3. The summed E-state index contributed by atoms with van der Waals surface area (Å²) in [6, 6.07) is 7.56. The molecule has 0 radical (unpaired) electrons. The van der Waals surface area contributed by atoms with Crippen molar-refractivity contribution in [3.05, 3.63) is 46.7 Å². The Bertz CT molecular complexity index is 1190. The molecule has 1 aromatic carbocycles. The lowest BCUT2D eigenvalue weighted by Gasteiger charge is -2.32. The lowest BCUT2D eigenvalue weighted by atomic mass is 9.95. The molecule has 164 valence electrons. The summed E-state index contributed by atoms with van der Waals surface area (Å²) in [4.78, 5) is 22.6. The Balaban J connectivity index is 1.60. The van der Waals surface area contributed by atoms with Gasteiger partial charge in [-0.1, -0.05) is 11.6 Å². The first kappa shape index (κ1) is 20.8. The van der Waals surface area contributed by atoms with Gasteiger partial charge in [0.05, 0.1) is 17.1 Å². The highest BCUT2D eigenvalue weighted by atomic mass is 35.5. The van der Waals surface area contributed by atoms with E-state index in [1.54, 1.807) is 31.3 Å². The molecule has 3 aliphatic rings. The fourth-order valence-electron chi connectivity index (χ4n) is 4.14. The summed E-state index contributed by atoms with van der Waals surface area (Å²) in [6.45, 7) is -0.847. The van der Waals surface area contributed by atoms with Gasteiger partial charge in [-0.05, 0) is 43.0 Å². The van der Waals surface area contributed by atoms with Gasteiger partial charge in [0.25, 0.3) is 11.8 Å². The van der Waals surface area contributed by atoms with Crippen LogP contribution in [0.5, 0.6) is 0 Å². The van der Waals surface area contributed by atoms with Crippen LogP contribution in [-0.2, 0) is 9.53 Å². The van der Waals surface area contributed by atoms with Crippen molar-refractivity contribution in [1.29, 1.82) is 5.26 Å². The lowest BCUT2D eigenvalue weighted by molar-refractivity contribution is -0.134. The standard InChI is InChI=1S/C22H18ClF2N5O2/c1-30-16-5-4-12(28-15-6-7-27-20(23)14(15)9-26)8-13(16)17-18(21(30)31)32-10-22(24,25)19(29-17)11-2-3-11/h4-8,11,18-19H,2-3,10H2,1H3,(H,27,28)/t18?,19-/m0/s1. The van der Waals surface area contributed by atoms with Gasteiger partial charge in [-0.3, -0.25) is 9.79 Å². The number of benzene rings is 1. The number of hydrogen-bond acceptors (Lipinski definition) is 6. The van der Waals surface area contributed by atoms with Crippen molar-refractivity contribution in [1.82, 2.24) is 4.98 Å². The molecule has 1 saturated carbocycles. The summed E-state index contributed by atoms with van der Waals surface area (Å²) in [5, 5.41) is 12.6. The summed E-state index contributed by atoms with van der Waals surface area (Å²) in [5.74, 6) is -3.79. The fourth-order valence-corrected chi connectivity index (χ4v) is 4.34. The van der Waals surface area contributed by atoms with Crippen LogP contribution in [0.4, 0.5) is 25.8 Å². The van der Waals surface area contributed by atoms with Crippen LogP contribution in [0.2, 0.25) is 5.15 Å². The molecular formula is C22H18ClF2N5O2. The van der Waals surface area contributed by atoms with Gasteiger partial charge in [0.2, 0.25) is 0 Å². The number of amides is 1. The number of aromatic nitrogens is 1. The maximum absolute atomic E-state index is 14.7. The number of hydrogen-bond donors (Lipinski definition) is 1. The van der Waals surface area contributed by atoms with Crippen LogP contribution in [-0.4, -0.2) is 48.3 Å². The maximum atomic E-state index is 14.7. The lowest BCUT2D eigenvalue weighted by Crippen LogP contribution is -2.48. The maximum Gasteiger partial charge on any atom is 0.293 e. The van der Waals surface area contributed by atoms with Crippen LogP contribution in [0.15, 0.2) is 35.5 Å². The summed E-state index contributed by atoms with van der Waals surface area (Å²) < 4.78 is 34.9. The quantitative estimate of drug-likeness (QED) is 0.705. The number of likely N-dealkylation sites (N-methyl/N-ethyl adjacent to an activating group) is 1. The number of alkyl halides is 2. The van der Waals surface area contributed by atoms with Crippen molar-refractivity contribution in [2.24, 2.45) is 10.9 Å². The molecule has 5 rings (SSSR count). The first-order valence-corrected chi connectivity index (χ1v) is 10.5. The summed E-state index contributed by atoms with van der Waals surface area (Å²) >= 11 is 6.01. The number of ether oxygens (including phenoxy) is 1. The third-order valence-corrected chi connectivity index (χ3v) is 6.24. The van der Waals surface area contributed by atoms with Crippen molar-refractivity contribution < 1.29 is 18.3 Å². The van der Waals surface area contributed by atoms with Gasteiger partial charge in [0, 0.05) is 24.5 Å². The van der Waals surface area contributed by atoms with Crippen LogP contribution >= 0.6 is 11.6 Å². The van der Waals surface area contributed by atoms with Crippen molar-refractivity contribution in [2.75, 3.05) is 23.9 Å². The molecule has 10 heteroatoms. The van der Waals surface area contributed by atoms with Gasteiger partial charge in [-0.2, -0.15) is 5.26 Å². The van der Waals surface area contributed by atoms with Gasteiger partial charge >= 0.3 is 0 Å². The highest BCUT2D eigenvalue weighted by molar-refractivity contribution is 6.31. The minimum Gasteiger partial charge on any atom is -0.356 e. The molecule has 32 heavy (non-hydrogen) atoms. The number of nitrogens with one attached hydrogen (secondary N) is 1. The number of halogens is 3. The second-order valence-electron chi connectivity index (χ2n) is 8.14. The van der Waals surface area contributed by atoms with Crippen molar-refractivity contribution in [3.63, 3.8) is 0 Å². The molecule has 0 spiro atoms. The zero-order valence-corrected chi connectivity index (χ0v) is 17.7. The van der Waals surface area contributed by atoms with Gasteiger partial charge in [0.1, 0.15) is 29.4 Å². The van der Waals surface area contributed by atoms with Gasteiger partial charge in [0.15, 0.2) is 6.10 Å². The second kappa shape index (κ2) is 7.50. The van der Waals surface area contributed by atoms with Crippen LogP contribution < -0.4 is 10.2 Å². The monoisotopic (exact) mass is 457 g/mol. The highest BCUT2D eigenvalue weighted by Crippen LogP contribution is 2.44. The van der Waals surface area contributed by atoms with Crippen LogP contribution in [0, 0.1) is 17.2 Å². The first-order valence-electron chi connectivity index (χ1n) is 10.1. The molecule has 2 atom stereocenters. The number of carbonyl (C=O) groups excluding carboxylic acids is 1. The zero-order chi connectivity index (χ0) is 22.6. The molecule has 0 saturated heterocycles. The van der Waals surface area contributed by atoms with Crippen LogP contribution in [0.1, 0.15) is 24.0 Å². The average Bonchev–Trinajstić information content (AvgIpc) is 3.60. The van der Waals surface area contributed by atoms with Crippen molar-refractivity contribution in [3.8, 4) is 6.07 Å². The minimum absolute atomic E-state index is 0.0666. The van der Waals surface area contributed by atoms with Crippen molar-refractivity contribution >= 4 is 40.3 Å². The molecule has 1 N–H and O–H groups in total. The van der Waals surface area contributed by atoms with E-state index >= 15 is 0 Å². The average molecular weight is 458 g/mol. The number of carbonyl (C=O) groups is 1. The normalized spacial score (nSPS) is 24.0. The largest absolute Gasteiger partial charge is 0.356 e. The van der Waals surface area contributed by atoms with Crippen LogP contribution in [0.3, 0.4) is 0 Å². The Labute approximate surface area is 187 Å². The molecule has 2 aromatic rings. The molecule has 1 aromatic heterocycles. The Kier molecular flexibility index (Phi) is 4.87. The van der Waals surface area contributed by atoms with Gasteiger partial charge in [-0.25, -0.2) is 13.8 Å². The first-order chi connectivity index (χ1) is 15.3. The molecule has 0 bridgehead atoms. The van der Waals surface area contributed by atoms with E-state index in [-0.39, 0.29) is 22.3 Å². The molecule has 1 unspecified atom stereocenters. The van der Waals surface area contributed by atoms with E-state index in [4.69, 9.17) is 16.3 Å². The molecule has 3 heterocycles. The topological polar surface area (TPSA) is 90.6 Å². The summed E-state index contributed by atoms with van der Waals surface area (Å²) in [5.41, 5.74) is 2.50. The Hall–Kier alpha value is -3.09. The summed E-state index contributed by atoms with van der Waals surface area (Å²) in [7, 11) is 1.58. The van der Waals surface area contributed by atoms with E-state index in [1.807, 2.05) is 6.07 Å². The predicted molar refractivity (Wildman–Crippen MR) is 115 cm³/mol. The SMILES string of the molecule is CN1C(=O)C2OCC(F)(F)[C@H](C3CC3)N=C2c2cc(Nc3ccnc(Cl)c3C#N)ccc21. The second-order valence-corrected chi connectivity index (χ2v) is 8.50. The van der Waals surface area contributed by atoms with Gasteiger partial charge < -0.3 is 15.0 Å². The Morgan fingerprint density at radius 3 is 2.84 bits per heavy atom. The fraction of sp³-hybridized carbons (Fsp3) is 0.364. The third kappa shape index (κ3) is 3.40. The smallest absolute Gasteiger partial charge is 0.293 e. The molecule has 1 aliphatic carbocycles. The van der Waals surface area contributed by atoms with E-state index in [0.717, 1.165) is 0 Å². The minimum atomic E-state index is -3.14. The number of pyridine rings is 1. The molecule has 1 fully saturated rings. The van der Waals surface area contributed by atoms with Crippen molar-refractivity contribution in [2.45, 2.75) is 30.9 Å². The predicted octanol–water partition coefficient (Wildman–Crippen LogP) is 3.93. The van der Waals surface area contributed by atoms with E-state index in [1.165, 1.54) is 11.1 Å². The number of anilines is 3. The number of nitrogens with zero attached hydrogens (tertiary/aromatic N) is 4. The molecule has 7 nitrogen and oxygen atoms in total. The van der Waals surface area contributed by atoms with E-state index in [2.05, 4.69) is 15.3 Å². The van der Waals surface area contributed by atoms with E-state index in [0.29, 0.717) is 35.5 Å². The highest BCUT2D eigenvalue weighted by Gasteiger charge is 2.53. The molecule has 2 aliphatic heterocycles. The number of rotatable bonds is 3. The number of aliphatic imine (C=N–C) groups is 1. The summed E-state index contributed by atoms with van der Waals surface area (Å²) in [6.07, 6.45) is 1.65. The number of nitriles is 1. The zero-order valence-electron chi connectivity index (χ0n) is 17.0. The van der Waals surface area contributed by atoms with E-state index < -0.39 is 30.6 Å². The Morgan fingerprint density at radius 2 is 2.12 bits per heavy atom. The van der Waals surface area contributed by atoms with Crippen LogP contribution in [0.25, 0.3) is 0 Å². The Morgan fingerprint density at radius 1 is 1.34 bits per heavy atom. The molecular weight excluding hydrogens is 440 g/mol. The van der Waals surface area contributed by atoms with E-state index in [9.17, 15) is 18.8 Å². The van der Waals surface area contributed by atoms with Gasteiger partial charge in [-0.15, -0.1) is 0 Å². The third-order valence-electron chi connectivity index (χ3n) is 5.95.